The van der Waals surface area contributed by atoms with E-state index >= 15 is 0 Å². The molecule has 0 spiro atoms. The van der Waals surface area contributed by atoms with Crippen LogP contribution in [0, 0.1) is 11.3 Å². The van der Waals surface area contributed by atoms with E-state index in [4.69, 9.17) is 9.72 Å². The first-order chi connectivity index (χ1) is 15.2. The van der Waals surface area contributed by atoms with Crippen LogP contribution in [0.15, 0.2) is 6.08 Å². The molecule has 8 nitrogen and oxygen atoms in total. The fourth-order valence-electron chi connectivity index (χ4n) is 4.44. The number of hydrogen-bond donors (Lipinski definition) is 1. The number of ether oxygens (including phenoxy) is 1. The zero-order chi connectivity index (χ0) is 23.3. The molecule has 0 unspecified atom stereocenters. The van der Waals surface area contributed by atoms with E-state index in [2.05, 4.69) is 32.8 Å². The molecule has 0 radical (unpaired) electrons. The molecule has 3 rings (SSSR count). The molecule has 1 saturated heterocycles. The van der Waals surface area contributed by atoms with Gasteiger partial charge in [-0.1, -0.05) is 26.8 Å². The second-order valence-electron chi connectivity index (χ2n) is 9.98. The van der Waals surface area contributed by atoms with Crippen LogP contribution in [0.5, 0.6) is 0 Å². The first-order valence-electron chi connectivity index (χ1n) is 11.7. The van der Waals surface area contributed by atoms with Gasteiger partial charge < -0.3 is 19.5 Å². The van der Waals surface area contributed by atoms with Crippen LogP contribution in [-0.4, -0.2) is 84.5 Å². The molecule has 178 valence electrons. The lowest BCUT2D eigenvalue weighted by molar-refractivity contribution is -0.127. The molecule has 1 atom stereocenters. The van der Waals surface area contributed by atoms with E-state index in [-0.39, 0.29) is 23.5 Å². The lowest BCUT2D eigenvalue weighted by Crippen LogP contribution is -2.37. The number of nitrogens with zero attached hydrogens (tertiary/aromatic N) is 4. The number of carbonyl (C=O) groups is 2. The summed E-state index contributed by atoms with van der Waals surface area (Å²) in [6.07, 6.45) is 5.35. The van der Waals surface area contributed by atoms with Crippen LogP contribution in [0.4, 0.5) is 0 Å². The average Bonchev–Trinajstić information content (AvgIpc) is 2.96. The summed E-state index contributed by atoms with van der Waals surface area (Å²) < 4.78 is 7.61. The van der Waals surface area contributed by atoms with Crippen molar-refractivity contribution in [3.63, 3.8) is 0 Å². The first-order valence-corrected chi connectivity index (χ1v) is 11.7. The summed E-state index contributed by atoms with van der Waals surface area (Å²) in [6.45, 7) is 12.8. The number of Topliss-reactive ketones (excluding diaryl/α,β-unsaturated/α-hetero) is 1. The first kappa shape index (κ1) is 24.6. The quantitative estimate of drug-likeness (QED) is 0.647. The number of ketones is 1. The maximum absolute atomic E-state index is 13.4. The monoisotopic (exact) mass is 445 g/mol. The van der Waals surface area contributed by atoms with Gasteiger partial charge in [-0.2, -0.15) is 0 Å². The molecule has 1 aromatic rings. The number of rotatable bonds is 7. The Kier molecular flexibility index (Phi) is 8.25. The average molecular weight is 446 g/mol. The zero-order valence-corrected chi connectivity index (χ0v) is 20.3. The van der Waals surface area contributed by atoms with Crippen molar-refractivity contribution in [2.45, 2.75) is 46.7 Å². The molecule has 2 aliphatic rings. The molecule has 32 heavy (non-hydrogen) atoms. The second kappa shape index (κ2) is 10.7. The van der Waals surface area contributed by atoms with E-state index in [9.17, 15) is 9.59 Å². The van der Waals surface area contributed by atoms with Crippen molar-refractivity contribution in [2.75, 3.05) is 53.5 Å². The fourth-order valence-corrected chi connectivity index (χ4v) is 4.44. The molecule has 0 aromatic carbocycles. The predicted molar refractivity (Wildman–Crippen MR) is 125 cm³/mol. The number of imidazole rings is 1. The number of amides is 1. The Morgan fingerprint density at radius 1 is 1.19 bits per heavy atom. The van der Waals surface area contributed by atoms with Crippen LogP contribution in [0.1, 0.15) is 55.6 Å². The van der Waals surface area contributed by atoms with E-state index in [1.54, 1.807) is 7.05 Å². The maximum Gasteiger partial charge on any atom is 0.223 e. The van der Waals surface area contributed by atoms with E-state index in [1.807, 2.05) is 26.8 Å². The molecule has 2 aliphatic heterocycles. The van der Waals surface area contributed by atoms with Gasteiger partial charge in [0, 0.05) is 46.2 Å². The molecule has 0 bridgehead atoms. The van der Waals surface area contributed by atoms with Crippen LogP contribution in [-0.2, 0) is 22.6 Å². The molecule has 1 N–H and O–H groups in total. The Labute approximate surface area is 192 Å². The highest BCUT2D eigenvalue weighted by atomic mass is 16.5. The maximum atomic E-state index is 13.4. The highest BCUT2D eigenvalue weighted by Gasteiger charge is 2.35. The van der Waals surface area contributed by atoms with Gasteiger partial charge >= 0.3 is 0 Å². The summed E-state index contributed by atoms with van der Waals surface area (Å²) in [5.74, 6) is 0.277. The summed E-state index contributed by atoms with van der Waals surface area (Å²) in [6, 6.07) is 0. The highest BCUT2D eigenvalue weighted by molar-refractivity contribution is 5.98. The van der Waals surface area contributed by atoms with Gasteiger partial charge in [-0.15, -0.1) is 0 Å². The van der Waals surface area contributed by atoms with Gasteiger partial charge in [-0.05, 0) is 31.5 Å². The third kappa shape index (κ3) is 6.05. The minimum absolute atomic E-state index is 0.0552. The number of morpholine rings is 1. The van der Waals surface area contributed by atoms with E-state index in [1.165, 1.54) is 0 Å². The van der Waals surface area contributed by atoms with Crippen LogP contribution >= 0.6 is 0 Å². The SMILES string of the molecule is CNC(=O)[C@@H](CC(=O)c1nc(/C=C/CN2CCOCC2)n2c1CN(C)CCC2)C(C)(C)C. The molecule has 0 saturated carbocycles. The van der Waals surface area contributed by atoms with Gasteiger partial charge in [0.25, 0.3) is 0 Å². The number of hydrogen-bond acceptors (Lipinski definition) is 6. The highest BCUT2D eigenvalue weighted by Crippen LogP contribution is 2.31. The molecule has 1 fully saturated rings. The van der Waals surface area contributed by atoms with Gasteiger partial charge in [-0.25, -0.2) is 4.98 Å². The van der Waals surface area contributed by atoms with Crippen molar-refractivity contribution in [1.29, 1.82) is 0 Å². The molecular formula is C24H39N5O3. The largest absolute Gasteiger partial charge is 0.379 e. The van der Waals surface area contributed by atoms with Crippen molar-refractivity contribution >= 4 is 17.8 Å². The zero-order valence-electron chi connectivity index (χ0n) is 20.3. The van der Waals surface area contributed by atoms with Crippen molar-refractivity contribution in [2.24, 2.45) is 11.3 Å². The van der Waals surface area contributed by atoms with Crippen molar-refractivity contribution < 1.29 is 14.3 Å². The Hall–Kier alpha value is -2.03. The smallest absolute Gasteiger partial charge is 0.223 e. The third-order valence-corrected chi connectivity index (χ3v) is 6.44. The van der Waals surface area contributed by atoms with E-state index in [0.717, 1.165) is 63.9 Å². The fraction of sp³-hybridized carbons (Fsp3) is 0.708. The molecule has 8 heteroatoms. The van der Waals surface area contributed by atoms with Gasteiger partial charge in [0.05, 0.1) is 24.8 Å². The van der Waals surface area contributed by atoms with E-state index in [0.29, 0.717) is 12.2 Å². The minimum atomic E-state index is -0.402. The second-order valence-corrected chi connectivity index (χ2v) is 9.98. The van der Waals surface area contributed by atoms with E-state index < -0.39 is 5.92 Å². The van der Waals surface area contributed by atoms with Crippen molar-refractivity contribution in [3.05, 3.63) is 23.3 Å². The summed E-state index contributed by atoms with van der Waals surface area (Å²) in [4.78, 5) is 35.3. The summed E-state index contributed by atoms with van der Waals surface area (Å²) in [5, 5.41) is 2.72. The number of nitrogens with one attached hydrogen (secondary N) is 1. The molecule has 1 aromatic heterocycles. The van der Waals surface area contributed by atoms with Gasteiger partial charge in [-0.3, -0.25) is 14.5 Å². The van der Waals surface area contributed by atoms with Crippen LogP contribution in [0.25, 0.3) is 6.08 Å². The molecular weight excluding hydrogens is 406 g/mol. The standard InChI is InChI=1S/C24H39N5O3/c1-24(2,3)18(23(31)25-4)16-20(30)22-19-17-27(5)9-7-11-29(19)21(26-22)8-6-10-28-12-14-32-15-13-28/h6,8,18H,7,9-17H2,1-5H3,(H,25,31)/b8-6+/t18-/m1/s1. The lowest BCUT2D eigenvalue weighted by atomic mass is 9.77. The van der Waals surface area contributed by atoms with Gasteiger partial charge in [0.15, 0.2) is 5.78 Å². The van der Waals surface area contributed by atoms with Crippen molar-refractivity contribution in [3.8, 4) is 0 Å². The van der Waals surface area contributed by atoms with Gasteiger partial charge in [0.1, 0.15) is 11.5 Å². The topological polar surface area (TPSA) is 79.7 Å². The predicted octanol–water partition coefficient (Wildman–Crippen LogP) is 2.05. The molecule has 1 amide bonds. The summed E-state index contributed by atoms with van der Waals surface area (Å²) >= 11 is 0. The lowest BCUT2D eigenvalue weighted by Gasteiger charge is -2.28. The normalized spacial score (nSPS) is 19.5. The number of carbonyl (C=O) groups excluding carboxylic acids is 2. The van der Waals surface area contributed by atoms with Crippen LogP contribution < -0.4 is 5.32 Å². The summed E-state index contributed by atoms with van der Waals surface area (Å²) in [5.41, 5.74) is 1.16. The number of aromatic nitrogens is 2. The Morgan fingerprint density at radius 3 is 2.56 bits per heavy atom. The Balaban J connectivity index is 1.86. The molecule has 3 heterocycles. The Bertz CT molecular complexity index is 833. The summed E-state index contributed by atoms with van der Waals surface area (Å²) in [7, 11) is 3.70. The third-order valence-electron chi connectivity index (χ3n) is 6.44. The Morgan fingerprint density at radius 2 is 1.91 bits per heavy atom. The van der Waals surface area contributed by atoms with Crippen molar-refractivity contribution in [1.82, 2.24) is 24.7 Å². The number of fused-ring (bicyclic) bond motifs is 1. The van der Waals surface area contributed by atoms with Crippen LogP contribution in [0.3, 0.4) is 0 Å². The van der Waals surface area contributed by atoms with Crippen LogP contribution in [0.2, 0.25) is 0 Å². The molecule has 0 aliphatic carbocycles. The van der Waals surface area contributed by atoms with Gasteiger partial charge in [0.2, 0.25) is 5.91 Å². The minimum Gasteiger partial charge on any atom is -0.379 e.